The van der Waals surface area contributed by atoms with E-state index in [0.717, 1.165) is 11.8 Å². The van der Waals surface area contributed by atoms with Crippen LogP contribution in [0.4, 0.5) is 18.9 Å². The first kappa shape index (κ1) is 19.8. The molecule has 1 aliphatic rings. The Kier molecular flexibility index (Phi) is 5.55. The standard InChI is InChI=1S/C17H10ClF3N2O2S2/c1-26-16-13(14(24)9-3-2-6-22-12(9)15(16)25)23-8-4-5-11(10(18)7-8)27-17(19,20)21/h2-7,23H,1H3. The second kappa shape index (κ2) is 7.57. The number of nitrogens with zero attached hydrogens (tertiary/aromatic N) is 1. The summed E-state index contributed by atoms with van der Waals surface area (Å²) in [5, 5.41) is 2.70. The van der Waals surface area contributed by atoms with Gasteiger partial charge in [-0.3, -0.25) is 14.6 Å². The zero-order valence-corrected chi connectivity index (χ0v) is 15.9. The van der Waals surface area contributed by atoms with Crippen LogP contribution < -0.4 is 5.32 Å². The van der Waals surface area contributed by atoms with Gasteiger partial charge in [-0.15, -0.1) is 11.8 Å². The Labute approximate surface area is 165 Å². The molecule has 0 atom stereocenters. The lowest BCUT2D eigenvalue weighted by molar-refractivity contribution is -0.0328. The fourth-order valence-electron chi connectivity index (χ4n) is 2.47. The molecule has 0 aliphatic heterocycles. The Morgan fingerprint density at radius 3 is 2.52 bits per heavy atom. The molecule has 0 unspecified atom stereocenters. The monoisotopic (exact) mass is 430 g/mol. The number of carbonyl (C=O) groups excluding carboxylic acids is 2. The van der Waals surface area contributed by atoms with Crippen LogP contribution in [-0.4, -0.2) is 28.3 Å². The van der Waals surface area contributed by atoms with Gasteiger partial charge in [-0.25, -0.2) is 0 Å². The molecule has 0 fully saturated rings. The van der Waals surface area contributed by atoms with E-state index in [4.69, 9.17) is 11.6 Å². The largest absolute Gasteiger partial charge is 0.446 e. The first-order valence-electron chi connectivity index (χ1n) is 7.36. The topological polar surface area (TPSA) is 59.1 Å². The van der Waals surface area contributed by atoms with Crippen LogP contribution in [0, 0.1) is 0 Å². The summed E-state index contributed by atoms with van der Waals surface area (Å²) in [6.07, 6.45) is 3.07. The van der Waals surface area contributed by atoms with E-state index >= 15 is 0 Å². The Morgan fingerprint density at radius 1 is 1.15 bits per heavy atom. The summed E-state index contributed by atoms with van der Waals surface area (Å²) in [5.74, 6) is -0.817. The number of rotatable bonds is 4. The lowest BCUT2D eigenvalue weighted by Gasteiger charge is -2.20. The number of halogens is 4. The number of allylic oxidation sites excluding steroid dienone is 2. The Balaban J connectivity index is 1.96. The van der Waals surface area contributed by atoms with Crippen molar-refractivity contribution in [3.63, 3.8) is 0 Å². The van der Waals surface area contributed by atoms with Gasteiger partial charge in [-0.05, 0) is 48.3 Å². The molecule has 0 saturated heterocycles. The summed E-state index contributed by atoms with van der Waals surface area (Å²) in [4.78, 5) is 29.3. The number of fused-ring (bicyclic) bond motifs is 1. The van der Waals surface area contributed by atoms with Crippen LogP contribution in [0.5, 0.6) is 0 Å². The third-order valence-electron chi connectivity index (χ3n) is 3.56. The quantitative estimate of drug-likeness (QED) is 0.654. The van der Waals surface area contributed by atoms with E-state index in [1.165, 1.54) is 30.5 Å². The van der Waals surface area contributed by atoms with Gasteiger partial charge in [0, 0.05) is 16.8 Å². The molecule has 0 saturated carbocycles. The number of carbonyl (C=O) groups is 2. The van der Waals surface area contributed by atoms with E-state index in [1.807, 2.05) is 0 Å². The molecule has 1 N–H and O–H groups in total. The summed E-state index contributed by atoms with van der Waals surface area (Å²) in [6.45, 7) is 0. The number of thioether (sulfide) groups is 2. The van der Waals surface area contributed by atoms with Crippen LogP contribution >= 0.6 is 35.1 Å². The maximum Gasteiger partial charge on any atom is 0.446 e. The number of pyridine rings is 1. The Hall–Kier alpha value is -1.97. The first-order chi connectivity index (χ1) is 12.7. The molecule has 10 heteroatoms. The number of ketones is 2. The molecule has 27 heavy (non-hydrogen) atoms. The number of Topliss-reactive ketones (excluding diaryl/α,β-unsaturated/α-hetero) is 2. The fraction of sp³-hybridized carbons (Fsp3) is 0.118. The van der Waals surface area contributed by atoms with Crippen molar-refractivity contribution in [2.24, 2.45) is 0 Å². The van der Waals surface area contributed by atoms with Gasteiger partial charge in [-0.1, -0.05) is 11.6 Å². The molecule has 140 valence electrons. The summed E-state index contributed by atoms with van der Waals surface area (Å²) in [6, 6.07) is 6.88. The van der Waals surface area contributed by atoms with Crippen LogP contribution in [0.3, 0.4) is 0 Å². The highest BCUT2D eigenvalue weighted by atomic mass is 35.5. The maximum atomic E-state index is 12.8. The zero-order chi connectivity index (χ0) is 19.8. The summed E-state index contributed by atoms with van der Waals surface area (Å²) in [5.41, 5.74) is -3.89. The van der Waals surface area contributed by atoms with Crippen LogP contribution in [0.2, 0.25) is 5.02 Å². The number of alkyl halides is 3. The third kappa shape index (κ3) is 4.15. The van der Waals surface area contributed by atoms with Crippen LogP contribution in [-0.2, 0) is 0 Å². The highest BCUT2D eigenvalue weighted by Gasteiger charge is 2.33. The SMILES string of the molecule is CSC1=C(Nc2ccc(SC(F)(F)F)c(Cl)c2)C(=O)c2cccnc2C1=O. The van der Waals surface area contributed by atoms with Crippen molar-refractivity contribution in [2.45, 2.75) is 10.4 Å². The Morgan fingerprint density at radius 2 is 1.89 bits per heavy atom. The predicted octanol–water partition coefficient (Wildman–Crippen LogP) is 5.41. The number of anilines is 1. The van der Waals surface area contributed by atoms with Crippen LogP contribution in [0.25, 0.3) is 0 Å². The minimum absolute atomic E-state index is 0.0419. The molecule has 4 nitrogen and oxygen atoms in total. The molecule has 0 spiro atoms. The average molecular weight is 431 g/mol. The number of benzene rings is 1. The number of nitrogens with one attached hydrogen (secondary N) is 1. The van der Waals surface area contributed by atoms with E-state index < -0.39 is 17.1 Å². The van der Waals surface area contributed by atoms with Crippen LogP contribution in [0.15, 0.2) is 52.0 Å². The molecule has 1 aliphatic carbocycles. The minimum atomic E-state index is -4.46. The van der Waals surface area contributed by atoms with Crippen molar-refractivity contribution in [2.75, 3.05) is 11.6 Å². The number of hydrogen-bond donors (Lipinski definition) is 1. The van der Waals surface area contributed by atoms with E-state index in [2.05, 4.69) is 10.3 Å². The van der Waals surface area contributed by atoms with Crippen molar-refractivity contribution in [3.8, 4) is 0 Å². The van der Waals surface area contributed by atoms with Gasteiger partial charge in [0.2, 0.25) is 11.6 Å². The zero-order valence-electron chi connectivity index (χ0n) is 13.6. The van der Waals surface area contributed by atoms with Gasteiger partial charge in [-0.2, -0.15) is 13.2 Å². The third-order valence-corrected chi connectivity index (χ3v) is 5.59. The van der Waals surface area contributed by atoms with Gasteiger partial charge >= 0.3 is 5.51 Å². The smallest absolute Gasteiger partial charge is 0.351 e. The van der Waals surface area contributed by atoms with Gasteiger partial charge in [0.05, 0.1) is 15.5 Å². The molecule has 2 aromatic rings. The van der Waals surface area contributed by atoms with E-state index in [-0.39, 0.29) is 43.5 Å². The van der Waals surface area contributed by atoms with Crippen molar-refractivity contribution in [1.82, 2.24) is 4.98 Å². The van der Waals surface area contributed by atoms with E-state index in [9.17, 15) is 22.8 Å². The molecular weight excluding hydrogens is 421 g/mol. The predicted molar refractivity (Wildman–Crippen MR) is 100 cm³/mol. The molecule has 0 radical (unpaired) electrons. The van der Waals surface area contributed by atoms with Gasteiger partial charge < -0.3 is 5.32 Å². The first-order valence-corrected chi connectivity index (χ1v) is 9.78. The molecule has 1 aromatic carbocycles. The molecule has 1 heterocycles. The van der Waals surface area contributed by atoms with Gasteiger partial charge in [0.1, 0.15) is 11.4 Å². The number of aromatic nitrogens is 1. The molecular formula is C17H10ClF3N2O2S2. The minimum Gasteiger partial charge on any atom is -0.351 e. The Bertz CT molecular complexity index is 977. The summed E-state index contributed by atoms with van der Waals surface area (Å²) in [7, 11) is 0. The lowest BCUT2D eigenvalue weighted by Crippen LogP contribution is -2.26. The van der Waals surface area contributed by atoms with Crippen molar-refractivity contribution >= 4 is 52.4 Å². The molecule has 1 aromatic heterocycles. The molecule has 0 amide bonds. The van der Waals surface area contributed by atoms with E-state index in [0.29, 0.717) is 5.69 Å². The fourth-order valence-corrected chi connectivity index (χ4v) is 3.94. The van der Waals surface area contributed by atoms with Crippen molar-refractivity contribution in [3.05, 3.63) is 63.4 Å². The highest BCUT2D eigenvalue weighted by Crippen LogP contribution is 2.41. The lowest BCUT2D eigenvalue weighted by atomic mass is 9.96. The highest BCUT2D eigenvalue weighted by molar-refractivity contribution is 8.03. The average Bonchev–Trinajstić information content (AvgIpc) is 2.61. The molecule has 0 bridgehead atoms. The molecule has 3 rings (SSSR count). The maximum absolute atomic E-state index is 12.8. The van der Waals surface area contributed by atoms with Crippen LogP contribution in [0.1, 0.15) is 20.8 Å². The van der Waals surface area contributed by atoms with Gasteiger partial charge in [0.25, 0.3) is 0 Å². The summed E-state index contributed by atoms with van der Waals surface area (Å²) >= 11 is 6.68. The second-order valence-electron chi connectivity index (χ2n) is 5.28. The van der Waals surface area contributed by atoms with E-state index in [1.54, 1.807) is 12.3 Å². The normalized spacial score (nSPS) is 14.4. The van der Waals surface area contributed by atoms with Gasteiger partial charge in [0.15, 0.2) is 0 Å². The summed E-state index contributed by atoms with van der Waals surface area (Å²) < 4.78 is 37.6. The second-order valence-corrected chi connectivity index (χ2v) is 7.61. The van der Waals surface area contributed by atoms with Crippen molar-refractivity contribution in [1.29, 1.82) is 0 Å². The van der Waals surface area contributed by atoms with Crippen molar-refractivity contribution < 1.29 is 22.8 Å². The number of hydrogen-bond acceptors (Lipinski definition) is 6.